The van der Waals surface area contributed by atoms with Crippen LogP contribution < -0.4 is 60.9 Å². The molecule has 0 radical (unpaired) electrons. The number of carbonyl (C=O) groups excluding carboxylic acids is 3. The number of hydrogen-bond acceptors (Lipinski definition) is 7. The van der Waals surface area contributed by atoms with E-state index in [-0.39, 0.29) is 70.4 Å². The van der Waals surface area contributed by atoms with Gasteiger partial charge in [0.25, 0.3) is 12.0 Å². The summed E-state index contributed by atoms with van der Waals surface area (Å²) < 4.78 is 11.8. The SMILES string of the molecule is C[N-]C(=O)ON(C=O)Cc1ccc(OCc2cccc(-c3ccc(OCC(=O)N4CCN(C)CC4)cc3C)c2)cc1.[K+]. The van der Waals surface area contributed by atoms with Gasteiger partial charge in [-0.2, -0.15) is 5.06 Å². The maximum atomic E-state index is 12.5. The summed E-state index contributed by atoms with van der Waals surface area (Å²) in [4.78, 5) is 43.8. The minimum absolute atomic E-state index is 0. The molecule has 42 heavy (non-hydrogen) atoms. The van der Waals surface area contributed by atoms with Crippen LogP contribution in [0.5, 0.6) is 11.5 Å². The first-order valence-corrected chi connectivity index (χ1v) is 13.4. The van der Waals surface area contributed by atoms with Crippen molar-refractivity contribution in [3.05, 3.63) is 88.7 Å². The van der Waals surface area contributed by atoms with E-state index >= 15 is 0 Å². The molecule has 0 aromatic heterocycles. The van der Waals surface area contributed by atoms with Crippen molar-refractivity contribution in [3.63, 3.8) is 0 Å². The van der Waals surface area contributed by atoms with Crippen LogP contribution in [0.3, 0.4) is 0 Å². The summed E-state index contributed by atoms with van der Waals surface area (Å²) in [5, 5.41) is 4.23. The predicted molar refractivity (Wildman–Crippen MR) is 154 cm³/mol. The van der Waals surface area contributed by atoms with E-state index in [1.807, 2.05) is 42.2 Å². The summed E-state index contributed by atoms with van der Waals surface area (Å²) in [5.41, 5.74) is 4.95. The molecule has 3 amide bonds. The Morgan fingerprint density at radius 2 is 1.64 bits per heavy atom. The summed E-state index contributed by atoms with van der Waals surface area (Å²) in [5.74, 6) is 1.35. The monoisotopic (exact) mass is 598 g/mol. The smallest absolute Gasteiger partial charge is 0.617 e. The fourth-order valence-electron chi connectivity index (χ4n) is 4.44. The van der Waals surface area contributed by atoms with Crippen LogP contribution in [0.15, 0.2) is 66.7 Å². The van der Waals surface area contributed by atoms with Crippen LogP contribution in [0.4, 0.5) is 4.79 Å². The summed E-state index contributed by atoms with van der Waals surface area (Å²) in [6.45, 7) is 5.77. The van der Waals surface area contributed by atoms with E-state index in [9.17, 15) is 14.4 Å². The molecule has 0 N–H and O–H groups in total. The molecule has 1 saturated heterocycles. The minimum atomic E-state index is -0.841. The van der Waals surface area contributed by atoms with Crippen molar-refractivity contribution in [2.24, 2.45) is 0 Å². The van der Waals surface area contributed by atoms with Gasteiger partial charge in [0.05, 0.1) is 6.54 Å². The number of hydroxylamine groups is 2. The second-order valence-electron chi connectivity index (χ2n) is 9.84. The molecule has 1 aliphatic heterocycles. The zero-order valence-electron chi connectivity index (χ0n) is 24.6. The van der Waals surface area contributed by atoms with E-state index in [1.54, 1.807) is 24.3 Å². The van der Waals surface area contributed by atoms with Crippen LogP contribution in [0.1, 0.15) is 16.7 Å². The quantitative estimate of drug-likeness (QED) is 0.187. The molecular weight excluding hydrogens is 563 g/mol. The Morgan fingerprint density at radius 1 is 0.929 bits per heavy atom. The molecule has 0 bridgehead atoms. The van der Waals surface area contributed by atoms with Crippen LogP contribution in [-0.4, -0.2) is 80.2 Å². The molecule has 1 aliphatic rings. The Morgan fingerprint density at radius 3 is 2.31 bits per heavy atom. The molecule has 1 heterocycles. The Kier molecular flexibility index (Phi) is 13.3. The van der Waals surface area contributed by atoms with Crippen molar-refractivity contribution in [3.8, 4) is 22.6 Å². The van der Waals surface area contributed by atoms with Gasteiger partial charge < -0.3 is 29.4 Å². The number of likely N-dealkylation sites (N-methyl/N-ethyl adjacent to an activating group) is 1. The topological polar surface area (TPSA) is 103 Å². The fraction of sp³-hybridized carbons (Fsp3) is 0.323. The number of amides is 3. The average molecular weight is 599 g/mol. The van der Waals surface area contributed by atoms with E-state index < -0.39 is 6.09 Å². The standard InChI is InChI=1S/C31H36N4O6.K/c1-23-17-28(40-21-30(37)34-15-13-33(3)14-16-34)11-12-29(23)26-6-4-5-25(18-26)20-39-27-9-7-24(8-10-27)19-35(22-36)41-31(38)32-2;/h4-12,17-18,22H,13-16,19-21H2,1-3H3,(H,32,38);/q;+1/p-1. The first-order chi connectivity index (χ1) is 19.8. The molecule has 0 saturated carbocycles. The van der Waals surface area contributed by atoms with Crippen molar-refractivity contribution in [1.29, 1.82) is 0 Å². The molecule has 3 aromatic carbocycles. The maximum absolute atomic E-state index is 12.5. The number of benzene rings is 3. The number of piperazine rings is 1. The summed E-state index contributed by atoms with van der Waals surface area (Å²) in [6.07, 6.45) is -0.411. The molecule has 3 aromatic rings. The number of rotatable bonds is 11. The van der Waals surface area contributed by atoms with Gasteiger partial charge in [-0.3, -0.25) is 14.4 Å². The largest absolute Gasteiger partial charge is 1.00 e. The van der Waals surface area contributed by atoms with Crippen LogP contribution in [0, 0.1) is 6.92 Å². The third-order valence-corrected chi connectivity index (χ3v) is 6.82. The molecule has 216 valence electrons. The molecule has 11 heteroatoms. The third kappa shape index (κ3) is 9.82. The average Bonchev–Trinajstić information content (AvgIpc) is 2.99. The summed E-state index contributed by atoms with van der Waals surface area (Å²) in [6, 6.07) is 21.2. The van der Waals surface area contributed by atoms with Crippen molar-refractivity contribution in [2.45, 2.75) is 20.1 Å². The predicted octanol–water partition coefficient (Wildman–Crippen LogP) is 1.41. The molecule has 0 unspecified atom stereocenters. The normalized spacial score (nSPS) is 13.0. The fourth-order valence-corrected chi connectivity index (χ4v) is 4.44. The van der Waals surface area contributed by atoms with Crippen LogP contribution in [0.2, 0.25) is 0 Å². The van der Waals surface area contributed by atoms with Gasteiger partial charge in [-0.25, -0.2) is 0 Å². The summed E-state index contributed by atoms with van der Waals surface area (Å²) in [7, 11) is 3.35. The number of aryl methyl sites for hydroxylation is 1. The maximum Gasteiger partial charge on any atom is 1.00 e. The van der Waals surface area contributed by atoms with Crippen LogP contribution >= 0.6 is 0 Å². The van der Waals surface area contributed by atoms with Gasteiger partial charge in [-0.15, -0.1) is 7.05 Å². The molecule has 0 atom stereocenters. The first-order valence-electron chi connectivity index (χ1n) is 13.4. The van der Waals surface area contributed by atoms with Crippen molar-refractivity contribution < 1.29 is 80.1 Å². The van der Waals surface area contributed by atoms with Crippen LogP contribution in [-0.2, 0) is 27.6 Å². The molecular formula is C31H35KN4O6. The zero-order chi connectivity index (χ0) is 29.2. The first kappa shape index (κ1) is 33.6. The minimum Gasteiger partial charge on any atom is -0.617 e. The van der Waals surface area contributed by atoms with E-state index in [1.165, 1.54) is 7.05 Å². The van der Waals surface area contributed by atoms with Crippen molar-refractivity contribution in [1.82, 2.24) is 14.9 Å². The van der Waals surface area contributed by atoms with Gasteiger partial charge in [0.15, 0.2) is 6.61 Å². The summed E-state index contributed by atoms with van der Waals surface area (Å²) >= 11 is 0. The number of carbonyl (C=O) groups is 3. The van der Waals surface area contributed by atoms with Gasteiger partial charge >= 0.3 is 51.4 Å². The molecule has 0 spiro atoms. The Bertz CT molecular complexity index is 1350. The molecule has 10 nitrogen and oxygen atoms in total. The molecule has 0 aliphatic carbocycles. The van der Waals surface area contributed by atoms with Gasteiger partial charge in [0.1, 0.15) is 18.1 Å². The molecule has 1 fully saturated rings. The van der Waals surface area contributed by atoms with Gasteiger partial charge in [0, 0.05) is 26.2 Å². The Hall–Kier alpha value is -2.93. The third-order valence-electron chi connectivity index (χ3n) is 6.82. The molecule has 4 rings (SSSR count). The van der Waals surface area contributed by atoms with E-state index in [4.69, 9.17) is 14.3 Å². The van der Waals surface area contributed by atoms with Crippen molar-refractivity contribution >= 4 is 18.4 Å². The van der Waals surface area contributed by atoms with Crippen LogP contribution in [0.25, 0.3) is 16.4 Å². The van der Waals surface area contributed by atoms with Gasteiger partial charge in [-0.1, -0.05) is 36.4 Å². The zero-order valence-corrected chi connectivity index (χ0v) is 27.7. The van der Waals surface area contributed by atoms with Crippen molar-refractivity contribution in [2.75, 3.05) is 46.9 Å². The number of nitrogens with zero attached hydrogens (tertiary/aromatic N) is 4. The number of hydrogen-bond donors (Lipinski definition) is 0. The van der Waals surface area contributed by atoms with E-state index in [2.05, 4.69) is 29.4 Å². The Balaban J connectivity index is 0.00000484. The van der Waals surface area contributed by atoms with E-state index in [0.717, 1.165) is 59.1 Å². The second-order valence-corrected chi connectivity index (χ2v) is 9.84. The number of ether oxygens (including phenoxy) is 2. The van der Waals surface area contributed by atoms with E-state index in [0.29, 0.717) is 24.5 Å². The van der Waals surface area contributed by atoms with Gasteiger partial charge in [0.2, 0.25) is 6.41 Å². The van der Waals surface area contributed by atoms with Gasteiger partial charge in [-0.05, 0) is 72.1 Å². The second kappa shape index (κ2) is 16.6. The Labute approximate surface area is 289 Å².